The van der Waals surface area contributed by atoms with Crippen LogP contribution in [0.2, 0.25) is 0 Å². The Morgan fingerprint density at radius 2 is 1.89 bits per heavy atom. The molecule has 1 aliphatic heterocycles. The molecule has 1 aromatic carbocycles. The van der Waals surface area contributed by atoms with Gasteiger partial charge in [0.25, 0.3) is 0 Å². The van der Waals surface area contributed by atoms with Crippen molar-refractivity contribution in [3.05, 3.63) is 76.2 Å². The lowest BCUT2D eigenvalue weighted by Crippen LogP contribution is -2.29. The van der Waals surface area contributed by atoms with Gasteiger partial charge in [0.1, 0.15) is 0 Å². The number of pyridine rings is 1. The molecule has 0 bridgehead atoms. The van der Waals surface area contributed by atoms with Gasteiger partial charge >= 0.3 is 0 Å². The number of aryl methyl sites for hydroxylation is 1. The molecule has 1 fully saturated rings. The Balaban J connectivity index is 1.79. The lowest BCUT2D eigenvalue weighted by molar-refractivity contribution is 0.573. The highest BCUT2D eigenvalue weighted by Gasteiger charge is 2.41. The average Bonchev–Trinajstić information content (AvgIpc) is 3.25. The predicted octanol–water partition coefficient (Wildman–Crippen LogP) is 4.69. The molecule has 27 heavy (non-hydrogen) atoms. The Morgan fingerprint density at radius 1 is 1.11 bits per heavy atom. The van der Waals surface area contributed by atoms with Crippen molar-refractivity contribution >= 4 is 40.0 Å². The van der Waals surface area contributed by atoms with Crippen LogP contribution in [0, 0.1) is 6.92 Å². The lowest BCUT2D eigenvalue weighted by Gasteiger charge is -2.28. The van der Waals surface area contributed by atoms with Crippen molar-refractivity contribution in [2.45, 2.75) is 19.0 Å². The zero-order valence-electron chi connectivity index (χ0n) is 15.6. The number of thiocarbonyl (C=S) groups is 1. The van der Waals surface area contributed by atoms with Crippen molar-refractivity contribution < 1.29 is 0 Å². The second-order valence-electron chi connectivity index (χ2n) is 6.88. The molecule has 4 nitrogen and oxygen atoms in total. The summed E-state index contributed by atoms with van der Waals surface area (Å²) in [7, 11) is 4.10. The van der Waals surface area contributed by atoms with Crippen molar-refractivity contribution in [3.63, 3.8) is 0 Å². The SMILES string of the molecule is Cc1ccsc1[C@H]1[C@@H](c2ccccn2)NC(=S)N1c1ccc(N(C)C)cc1. The normalized spacial score (nSPS) is 19.2. The van der Waals surface area contributed by atoms with Gasteiger partial charge in [0.2, 0.25) is 0 Å². The van der Waals surface area contributed by atoms with Gasteiger partial charge in [-0.3, -0.25) is 4.98 Å². The summed E-state index contributed by atoms with van der Waals surface area (Å²) >= 11 is 7.54. The van der Waals surface area contributed by atoms with E-state index < -0.39 is 0 Å². The van der Waals surface area contributed by atoms with Crippen LogP contribution in [0.4, 0.5) is 11.4 Å². The van der Waals surface area contributed by atoms with E-state index in [2.05, 4.69) is 68.8 Å². The van der Waals surface area contributed by atoms with Crippen molar-refractivity contribution in [2.24, 2.45) is 0 Å². The van der Waals surface area contributed by atoms with Crippen LogP contribution in [0.15, 0.2) is 60.1 Å². The number of rotatable bonds is 4. The molecule has 2 atom stereocenters. The van der Waals surface area contributed by atoms with Gasteiger partial charge in [-0.05, 0) is 72.5 Å². The van der Waals surface area contributed by atoms with Gasteiger partial charge in [-0.25, -0.2) is 0 Å². The second-order valence-corrected chi connectivity index (χ2v) is 8.21. The van der Waals surface area contributed by atoms with Crippen LogP contribution < -0.4 is 15.1 Å². The summed E-state index contributed by atoms with van der Waals surface area (Å²) in [5, 5.41) is 6.40. The summed E-state index contributed by atoms with van der Waals surface area (Å²) in [5.74, 6) is 0. The standard InChI is InChI=1S/C21H22N4S2/c1-14-11-13-27-20(14)19-18(17-6-4-5-12-22-17)23-21(26)25(19)16-9-7-15(8-10-16)24(2)3/h4-13,18-19H,1-3H3,(H,23,26)/t18-,19-/m1/s1. The summed E-state index contributed by atoms with van der Waals surface area (Å²) in [4.78, 5) is 10.2. The molecule has 2 aromatic heterocycles. The molecule has 6 heteroatoms. The molecule has 0 aliphatic carbocycles. The number of nitrogens with zero attached hydrogens (tertiary/aromatic N) is 3. The zero-order chi connectivity index (χ0) is 19.0. The van der Waals surface area contributed by atoms with Crippen LogP contribution in [0.3, 0.4) is 0 Å². The minimum Gasteiger partial charge on any atom is -0.378 e. The number of nitrogens with one attached hydrogen (secondary N) is 1. The van der Waals surface area contributed by atoms with Gasteiger partial charge in [0.15, 0.2) is 5.11 Å². The predicted molar refractivity (Wildman–Crippen MR) is 118 cm³/mol. The van der Waals surface area contributed by atoms with Crippen LogP contribution in [0.25, 0.3) is 0 Å². The number of hydrogen-bond donors (Lipinski definition) is 1. The number of benzene rings is 1. The third-order valence-corrected chi connectivity index (χ3v) is 6.32. The van der Waals surface area contributed by atoms with Crippen LogP contribution in [-0.2, 0) is 0 Å². The smallest absolute Gasteiger partial charge is 0.174 e. The van der Waals surface area contributed by atoms with Crippen LogP contribution in [0.1, 0.15) is 28.2 Å². The molecule has 1 N–H and O–H groups in total. The Hall–Kier alpha value is -2.44. The Kier molecular flexibility index (Phi) is 4.85. The van der Waals surface area contributed by atoms with Crippen molar-refractivity contribution in [1.29, 1.82) is 0 Å². The maximum absolute atomic E-state index is 5.76. The zero-order valence-corrected chi connectivity index (χ0v) is 17.2. The third kappa shape index (κ3) is 3.31. The largest absolute Gasteiger partial charge is 0.378 e. The number of anilines is 2. The molecule has 0 saturated carbocycles. The van der Waals surface area contributed by atoms with E-state index in [-0.39, 0.29) is 12.1 Å². The average molecular weight is 395 g/mol. The highest BCUT2D eigenvalue weighted by Crippen LogP contribution is 2.44. The van der Waals surface area contributed by atoms with Crippen LogP contribution in [0.5, 0.6) is 0 Å². The quantitative estimate of drug-likeness (QED) is 0.649. The second kappa shape index (κ2) is 7.29. The first kappa shape index (κ1) is 17.9. The van der Waals surface area contributed by atoms with Crippen molar-refractivity contribution in [2.75, 3.05) is 23.9 Å². The van der Waals surface area contributed by atoms with Gasteiger partial charge in [0, 0.05) is 36.5 Å². The van der Waals surface area contributed by atoms with E-state index >= 15 is 0 Å². The first-order valence-corrected chi connectivity index (χ1v) is 10.2. The summed E-state index contributed by atoms with van der Waals surface area (Å²) in [6.45, 7) is 2.16. The first-order chi connectivity index (χ1) is 13.1. The van der Waals surface area contributed by atoms with Crippen molar-refractivity contribution in [3.8, 4) is 0 Å². The molecule has 1 aliphatic rings. The maximum atomic E-state index is 5.76. The fourth-order valence-electron chi connectivity index (χ4n) is 3.50. The highest BCUT2D eigenvalue weighted by atomic mass is 32.1. The minimum atomic E-state index is 0.0181. The molecular weight excluding hydrogens is 372 g/mol. The monoisotopic (exact) mass is 394 g/mol. The third-order valence-electron chi connectivity index (χ3n) is 4.91. The summed E-state index contributed by atoms with van der Waals surface area (Å²) < 4.78 is 0. The van der Waals surface area contributed by atoms with Gasteiger partial charge in [-0.1, -0.05) is 6.07 Å². The number of aromatic nitrogens is 1. The van der Waals surface area contributed by atoms with Crippen molar-refractivity contribution in [1.82, 2.24) is 10.3 Å². The molecule has 3 heterocycles. The minimum absolute atomic E-state index is 0.0181. The lowest BCUT2D eigenvalue weighted by atomic mass is 10.0. The van der Waals surface area contributed by atoms with E-state index in [0.717, 1.165) is 16.5 Å². The van der Waals surface area contributed by atoms with E-state index in [1.165, 1.54) is 16.1 Å². The molecule has 0 spiro atoms. The van der Waals surface area contributed by atoms with E-state index in [1.807, 2.05) is 32.4 Å². The Morgan fingerprint density at radius 3 is 2.48 bits per heavy atom. The molecule has 138 valence electrons. The summed E-state index contributed by atoms with van der Waals surface area (Å²) in [6.07, 6.45) is 1.84. The van der Waals surface area contributed by atoms with Gasteiger partial charge < -0.3 is 15.1 Å². The molecule has 3 aromatic rings. The number of hydrogen-bond acceptors (Lipinski definition) is 4. The van der Waals surface area contributed by atoms with Crippen LogP contribution in [-0.4, -0.2) is 24.2 Å². The van der Waals surface area contributed by atoms with E-state index in [9.17, 15) is 0 Å². The topological polar surface area (TPSA) is 31.4 Å². The molecule has 4 rings (SSSR count). The summed E-state index contributed by atoms with van der Waals surface area (Å²) in [6, 6.07) is 16.8. The maximum Gasteiger partial charge on any atom is 0.174 e. The molecule has 1 saturated heterocycles. The molecular formula is C21H22N4S2. The Bertz CT molecular complexity index is 934. The molecule has 0 amide bonds. The van der Waals surface area contributed by atoms with E-state index in [0.29, 0.717) is 0 Å². The van der Waals surface area contributed by atoms with Gasteiger partial charge in [-0.15, -0.1) is 11.3 Å². The van der Waals surface area contributed by atoms with E-state index in [1.54, 1.807) is 11.3 Å². The first-order valence-electron chi connectivity index (χ1n) is 8.88. The molecule has 0 radical (unpaired) electrons. The fourth-order valence-corrected chi connectivity index (χ4v) is 4.90. The van der Waals surface area contributed by atoms with Gasteiger partial charge in [-0.2, -0.15) is 0 Å². The Labute approximate surface area is 169 Å². The molecule has 0 unspecified atom stereocenters. The van der Waals surface area contributed by atoms with Crippen LogP contribution >= 0.6 is 23.6 Å². The fraction of sp³-hybridized carbons (Fsp3) is 0.238. The summed E-state index contributed by atoms with van der Waals surface area (Å²) in [5.41, 5.74) is 4.55. The van der Waals surface area contributed by atoms with E-state index in [4.69, 9.17) is 12.2 Å². The highest BCUT2D eigenvalue weighted by molar-refractivity contribution is 7.80. The van der Waals surface area contributed by atoms with Gasteiger partial charge in [0.05, 0.1) is 17.8 Å². The number of thiophene rings is 1.